The van der Waals surface area contributed by atoms with Crippen molar-refractivity contribution >= 4 is 17.4 Å². The second-order valence-electron chi connectivity index (χ2n) is 4.46. The van der Waals surface area contributed by atoms with Crippen LogP contribution in [0.3, 0.4) is 0 Å². The highest BCUT2D eigenvalue weighted by molar-refractivity contribution is 6.21. The highest BCUT2D eigenvalue weighted by Gasteiger charge is 2.26. The van der Waals surface area contributed by atoms with Gasteiger partial charge < -0.3 is 5.32 Å². The SMILES string of the molecule is CCCc1cc(NCC2CC(Cl)C2)ncn1. The van der Waals surface area contributed by atoms with Crippen LogP contribution in [0.4, 0.5) is 5.82 Å². The number of aryl methyl sites for hydroxylation is 1. The molecule has 1 saturated carbocycles. The lowest BCUT2D eigenvalue weighted by Crippen LogP contribution is -2.30. The molecule has 1 aromatic heterocycles. The molecule has 1 aliphatic carbocycles. The minimum Gasteiger partial charge on any atom is -0.370 e. The van der Waals surface area contributed by atoms with Crippen molar-refractivity contribution in [1.82, 2.24) is 9.97 Å². The van der Waals surface area contributed by atoms with Crippen LogP contribution in [0.2, 0.25) is 0 Å². The van der Waals surface area contributed by atoms with Gasteiger partial charge in [0.05, 0.1) is 0 Å². The minimum absolute atomic E-state index is 0.396. The lowest BCUT2D eigenvalue weighted by Gasteiger charge is -2.30. The van der Waals surface area contributed by atoms with E-state index in [2.05, 4.69) is 22.2 Å². The van der Waals surface area contributed by atoms with Crippen LogP contribution in [0.5, 0.6) is 0 Å². The molecule has 0 unspecified atom stereocenters. The molecule has 1 fully saturated rings. The Balaban J connectivity index is 1.81. The van der Waals surface area contributed by atoms with E-state index in [4.69, 9.17) is 11.6 Å². The summed E-state index contributed by atoms with van der Waals surface area (Å²) in [6, 6.07) is 2.04. The Morgan fingerprint density at radius 1 is 1.44 bits per heavy atom. The summed E-state index contributed by atoms with van der Waals surface area (Å²) in [6.45, 7) is 3.13. The van der Waals surface area contributed by atoms with Crippen LogP contribution in [-0.2, 0) is 6.42 Å². The highest BCUT2D eigenvalue weighted by atomic mass is 35.5. The van der Waals surface area contributed by atoms with Gasteiger partial charge in [-0.3, -0.25) is 0 Å². The summed E-state index contributed by atoms with van der Waals surface area (Å²) in [5, 5.41) is 3.75. The van der Waals surface area contributed by atoms with E-state index in [9.17, 15) is 0 Å². The van der Waals surface area contributed by atoms with Crippen LogP contribution >= 0.6 is 11.6 Å². The van der Waals surface area contributed by atoms with Crippen LogP contribution in [-0.4, -0.2) is 21.9 Å². The molecule has 1 aromatic rings. The molecule has 1 heterocycles. The fourth-order valence-corrected chi connectivity index (χ4v) is 2.46. The van der Waals surface area contributed by atoms with Crippen molar-refractivity contribution in [3.05, 3.63) is 18.1 Å². The van der Waals surface area contributed by atoms with Crippen molar-refractivity contribution in [2.75, 3.05) is 11.9 Å². The summed E-state index contributed by atoms with van der Waals surface area (Å²) < 4.78 is 0. The van der Waals surface area contributed by atoms with Crippen molar-refractivity contribution in [1.29, 1.82) is 0 Å². The smallest absolute Gasteiger partial charge is 0.129 e. The number of nitrogens with one attached hydrogen (secondary N) is 1. The summed E-state index contributed by atoms with van der Waals surface area (Å²) >= 11 is 5.94. The first-order valence-corrected chi connectivity index (χ1v) is 6.40. The first kappa shape index (κ1) is 11.6. The molecule has 0 aromatic carbocycles. The maximum Gasteiger partial charge on any atom is 0.129 e. The third-order valence-electron chi connectivity index (χ3n) is 2.98. The lowest BCUT2D eigenvalue weighted by atomic mass is 9.85. The topological polar surface area (TPSA) is 37.8 Å². The molecular weight excluding hydrogens is 222 g/mol. The summed E-state index contributed by atoms with van der Waals surface area (Å²) in [4.78, 5) is 8.45. The Kier molecular flexibility index (Phi) is 3.99. The molecule has 1 aliphatic rings. The average molecular weight is 240 g/mol. The molecule has 16 heavy (non-hydrogen) atoms. The molecule has 0 atom stereocenters. The highest BCUT2D eigenvalue weighted by Crippen LogP contribution is 2.31. The quantitative estimate of drug-likeness (QED) is 0.803. The van der Waals surface area contributed by atoms with Gasteiger partial charge in [-0.25, -0.2) is 9.97 Å². The van der Waals surface area contributed by atoms with Gasteiger partial charge >= 0.3 is 0 Å². The monoisotopic (exact) mass is 239 g/mol. The van der Waals surface area contributed by atoms with E-state index in [-0.39, 0.29) is 0 Å². The molecular formula is C12H18ClN3. The summed E-state index contributed by atoms with van der Waals surface area (Å²) in [5.74, 6) is 1.66. The number of hydrogen-bond donors (Lipinski definition) is 1. The van der Waals surface area contributed by atoms with Crippen LogP contribution in [0, 0.1) is 5.92 Å². The number of hydrogen-bond acceptors (Lipinski definition) is 3. The first-order chi connectivity index (χ1) is 7.78. The molecule has 4 heteroatoms. The molecule has 1 N–H and O–H groups in total. The average Bonchev–Trinajstić information content (AvgIpc) is 2.24. The Morgan fingerprint density at radius 2 is 2.25 bits per heavy atom. The van der Waals surface area contributed by atoms with Gasteiger partial charge in [-0.2, -0.15) is 0 Å². The third-order valence-corrected chi connectivity index (χ3v) is 3.34. The normalized spacial score (nSPS) is 23.9. The van der Waals surface area contributed by atoms with Crippen molar-refractivity contribution in [2.24, 2.45) is 5.92 Å². The van der Waals surface area contributed by atoms with E-state index >= 15 is 0 Å². The Bertz CT molecular complexity index is 337. The summed E-state index contributed by atoms with van der Waals surface area (Å²) in [5.41, 5.74) is 1.11. The second-order valence-corrected chi connectivity index (χ2v) is 5.08. The molecule has 0 bridgehead atoms. The van der Waals surface area contributed by atoms with E-state index < -0.39 is 0 Å². The largest absolute Gasteiger partial charge is 0.370 e. The van der Waals surface area contributed by atoms with Crippen molar-refractivity contribution in [3.63, 3.8) is 0 Å². The van der Waals surface area contributed by atoms with Crippen LogP contribution in [0.1, 0.15) is 31.9 Å². The van der Waals surface area contributed by atoms with Crippen molar-refractivity contribution in [3.8, 4) is 0 Å². The molecule has 2 rings (SSSR count). The number of rotatable bonds is 5. The number of nitrogens with zero attached hydrogens (tertiary/aromatic N) is 2. The van der Waals surface area contributed by atoms with E-state index in [0.29, 0.717) is 11.3 Å². The van der Waals surface area contributed by atoms with Crippen LogP contribution in [0.15, 0.2) is 12.4 Å². The molecule has 0 amide bonds. The zero-order chi connectivity index (χ0) is 11.4. The van der Waals surface area contributed by atoms with Crippen molar-refractivity contribution in [2.45, 2.75) is 38.0 Å². The molecule has 0 aliphatic heterocycles. The van der Waals surface area contributed by atoms with Gasteiger partial charge in [-0.05, 0) is 25.2 Å². The predicted octanol–water partition coefficient (Wildman–Crippen LogP) is 2.86. The Labute approximate surface area is 102 Å². The molecule has 0 saturated heterocycles. The van der Waals surface area contributed by atoms with Crippen LogP contribution in [0.25, 0.3) is 0 Å². The number of aromatic nitrogens is 2. The fraction of sp³-hybridized carbons (Fsp3) is 0.667. The number of alkyl halides is 1. The minimum atomic E-state index is 0.396. The summed E-state index contributed by atoms with van der Waals surface area (Å²) in [7, 11) is 0. The first-order valence-electron chi connectivity index (χ1n) is 5.96. The van der Waals surface area contributed by atoms with Crippen LogP contribution < -0.4 is 5.32 Å². The van der Waals surface area contributed by atoms with E-state index in [1.807, 2.05) is 6.07 Å². The molecule has 0 radical (unpaired) electrons. The zero-order valence-electron chi connectivity index (χ0n) is 9.62. The second kappa shape index (κ2) is 5.48. The predicted molar refractivity (Wildman–Crippen MR) is 66.9 cm³/mol. The van der Waals surface area contributed by atoms with Gasteiger partial charge in [0.25, 0.3) is 0 Å². The third kappa shape index (κ3) is 3.08. The zero-order valence-corrected chi connectivity index (χ0v) is 10.4. The van der Waals surface area contributed by atoms with E-state index in [1.54, 1.807) is 6.33 Å². The van der Waals surface area contributed by atoms with Gasteiger partial charge in [-0.15, -0.1) is 11.6 Å². The van der Waals surface area contributed by atoms with Gasteiger partial charge in [0.15, 0.2) is 0 Å². The van der Waals surface area contributed by atoms with Gasteiger partial charge in [-0.1, -0.05) is 13.3 Å². The molecule has 0 spiro atoms. The van der Waals surface area contributed by atoms with E-state index in [1.165, 1.54) is 0 Å². The lowest BCUT2D eigenvalue weighted by molar-refractivity contribution is 0.341. The Hall–Kier alpha value is -0.830. The fourth-order valence-electron chi connectivity index (χ4n) is 1.96. The maximum atomic E-state index is 5.94. The Morgan fingerprint density at radius 3 is 2.94 bits per heavy atom. The van der Waals surface area contributed by atoms with E-state index in [0.717, 1.165) is 43.7 Å². The maximum absolute atomic E-state index is 5.94. The van der Waals surface area contributed by atoms with Crippen molar-refractivity contribution < 1.29 is 0 Å². The van der Waals surface area contributed by atoms with Gasteiger partial charge in [0.2, 0.25) is 0 Å². The molecule has 3 nitrogen and oxygen atoms in total. The molecule has 88 valence electrons. The number of anilines is 1. The number of halogens is 1. The standard InChI is InChI=1S/C12H18ClN3/c1-2-3-11-6-12(16-8-15-11)14-7-9-4-10(13)5-9/h6,8-10H,2-5,7H2,1H3,(H,14,15,16). The summed E-state index contributed by atoms with van der Waals surface area (Å²) in [6.07, 6.45) is 6.03. The van der Waals surface area contributed by atoms with Gasteiger partial charge in [0, 0.05) is 23.7 Å². The van der Waals surface area contributed by atoms with Gasteiger partial charge in [0.1, 0.15) is 12.1 Å².